The Balaban J connectivity index is 0.000000786. The Morgan fingerprint density at radius 2 is 1.89 bits per heavy atom. The third-order valence-electron chi connectivity index (χ3n) is 5.25. The Hall–Kier alpha value is -5.46. The van der Waals surface area contributed by atoms with Crippen molar-refractivity contribution in [3.05, 3.63) is 94.6 Å². The van der Waals surface area contributed by atoms with Crippen molar-refractivity contribution in [1.29, 1.82) is 5.41 Å². The molecule has 194 valence electrons. The lowest BCUT2D eigenvalue weighted by atomic mass is 10.0. The standard InChI is InChI=1S/C23H20N8O3.C2H4O2/c1-33-17-12-15(11-14-7-10-34-19(14)17)18(28-16-5-3-13(4-6-16)20(24)25)21-29-23(32)31(30-21)22-26-8-2-9-27-22;1-2(3)4/h2-12,18,28H,1H3,(H3,24,25)(H,29,30,32);1H3,(H,3,4). The zero-order chi connectivity index (χ0) is 27.2. The molecule has 0 aliphatic carbocycles. The molecule has 38 heavy (non-hydrogen) atoms. The Labute approximate surface area is 215 Å². The molecular weight excluding hydrogens is 492 g/mol. The first-order chi connectivity index (χ1) is 18.3. The van der Waals surface area contributed by atoms with Crippen LogP contribution in [0.25, 0.3) is 16.9 Å². The number of nitrogens with two attached hydrogens (primary N) is 1. The first-order valence-corrected chi connectivity index (χ1v) is 11.2. The van der Waals surface area contributed by atoms with Gasteiger partial charge in [-0.15, -0.1) is 9.78 Å². The predicted molar refractivity (Wildman–Crippen MR) is 139 cm³/mol. The molecule has 13 nitrogen and oxygen atoms in total. The number of aromatic amines is 1. The molecule has 1 atom stereocenters. The van der Waals surface area contributed by atoms with Gasteiger partial charge >= 0.3 is 5.69 Å². The van der Waals surface area contributed by atoms with Crippen molar-refractivity contribution < 1.29 is 19.1 Å². The van der Waals surface area contributed by atoms with Crippen molar-refractivity contribution in [2.24, 2.45) is 5.73 Å². The fourth-order valence-electron chi connectivity index (χ4n) is 3.62. The molecule has 0 aliphatic rings. The van der Waals surface area contributed by atoms with Crippen molar-refractivity contribution in [2.75, 3.05) is 12.4 Å². The minimum Gasteiger partial charge on any atom is -0.493 e. The highest BCUT2D eigenvalue weighted by atomic mass is 16.5. The molecule has 0 amide bonds. The summed E-state index contributed by atoms with van der Waals surface area (Å²) < 4.78 is 12.2. The molecule has 0 saturated carbocycles. The summed E-state index contributed by atoms with van der Waals surface area (Å²) in [6, 6.07) is 13.7. The number of aromatic nitrogens is 5. The lowest BCUT2D eigenvalue weighted by molar-refractivity contribution is -0.134. The maximum atomic E-state index is 12.7. The summed E-state index contributed by atoms with van der Waals surface area (Å²) in [6.07, 6.45) is 4.66. The number of fused-ring (bicyclic) bond motifs is 1. The van der Waals surface area contributed by atoms with Crippen molar-refractivity contribution >= 4 is 28.5 Å². The number of furan rings is 1. The number of nitrogens with one attached hydrogen (secondary N) is 3. The zero-order valence-electron chi connectivity index (χ0n) is 20.4. The van der Waals surface area contributed by atoms with E-state index in [1.165, 1.54) is 12.4 Å². The molecule has 5 aromatic rings. The number of nitrogen functional groups attached to an aromatic ring is 1. The van der Waals surface area contributed by atoms with Gasteiger partial charge in [-0.2, -0.15) is 0 Å². The van der Waals surface area contributed by atoms with Crippen LogP contribution in [0.15, 0.2) is 76.4 Å². The predicted octanol–water partition coefficient (Wildman–Crippen LogP) is 2.68. The molecular formula is C25H24N8O5. The highest BCUT2D eigenvalue weighted by Gasteiger charge is 2.23. The summed E-state index contributed by atoms with van der Waals surface area (Å²) in [5.41, 5.74) is 7.82. The molecule has 0 bridgehead atoms. The third-order valence-corrected chi connectivity index (χ3v) is 5.25. The van der Waals surface area contributed by atoms with Crippen LogP contribution in [0.3, 0.4) is 0 Å². The average Bonchev–Trinajstić information content (AvgIpc) is 3.53. The van der Waals surface area contributed by atoms with Gasteiger partial charge in [-0.05, 0) is 54.1 Å². The van der Waals surface area contributed by atoms with E-state index >= 15 is 0 Å². The minimum absolute atomic E-state index is 0.0239. The second-order valence-corrected chi connectivity index (χ2v) is 7.93. The van der Waals surface area contributed by atoms with E-state index in [4.69, 9.17) is 30.2 Å². The van der Waals surface area contributed by atoms with Crippen molar-refractivity contribution in [1.82, 2.24) is 24.7 Å². The number of hydrogen-bond acceptors (Lipinski definition) is 9. The van der Waals surface area contributed by atoms with E-state index in [1.54, 1.807) is 43.7 Å². The number of aliphatic carboxylic acids is 1. The number of anilines is 1. The van der Waals surface area contributed by atoms with Gasteiger partial charge in [0, 0.05) is 36.0 Å². The van der Waals surface area contributed by atoms with Gasteiger partial charge in [0.25, 0.3) is 11.9 Å². The number of ether oxygens (including phenoxy) is 1. The number of hydrogen-bond donors (Lipinski definition) is 5. The van der Waals surface area contributed by atoms with E-state index in [1.807, 2.05) is 18.2 Å². The number of carboxylic acid groups (broad SMARTS) is 1. The van der Waals surface area contributed by atoms with Crippen molar-refractivity contribution in [2.45, 2.75) is 13.0 Å². The van der Waals surface area contributed by atoms with Crippen LogP contribution < -0.4 is 21.5 Å². The summed E-state index contributed by atoms with van der Waals surface area (Å²) in [5, 5.41) is 23.7. The average molecular weight is 517 g/mol. The van der Waals surface area contributed by atoms with E-state index < -0.39 is 17.7 Å². The van der Waals surface area contributed by atoms with Gasteiger partial charge in [0.1, 0.15) is 11.9 Å². The molecule has 1 unspecified atom stereocenters. The van der Waals surface area contributed by atoms with Gasteiger partial charge in [-0.3, -0.25) is 15.2 Å². The van der Waals surface area contributed by atoms with Crippen LogP contribution in [0, 0.1) is 5.41 Å². The van der Waals surface area contributed by atoms with Gasteiger partial charge < -0.3 is 25.3 Å². The molecule has 6 N–H and O–H groups in total. The smallest absolute Gasteiger partial charge is 0.350 e. The molecule has 0 spiro atoms. The van der Waals surface area contributed by atoms with Crippen LogP contribution in [0.5, 0.6) is 5.75 Å². The van der Waals surface area contributed by atoms with E-state index in [0.29, 0.717) is 22.7 Å². The van der Waals surface area contributed by atoms with Crippen molar-refractivity contribution in [3.63, 3.8) is 0 Å². The SMILES string of the molecule is CC(=O)O.COc1cc(C(Nc2ccc(C(=N)N)cc2)c2nn(-c3ncccn3)c(=O)[nH]2)cc2ccoc12. The topological polar surface area (TPSA) is 198 Å². The number of carboxylic acids is 1. The largest absolute Gasteiger partial charge is 0.493 e. The summed E-state index contributed by atoms with van der Waals surface area (Å²) in [6.45, 7) is 1.08. The Morgan fingerprint density at radius 3 is 2.53 bits per heavy atom. The Bertz CT molecular complexity index is 1620. The number of nitrogens with zero attached hydrogens (tertiary/aromatic N) is 4. The second-order valence-electron chi connectivity index (χ2n) is 7.93. The van der Waals surface area contributed by atoms with Gasteiger partial charge in [0.15, 0.2) is 17.2 Å². The fourth-order valence-corrected chi connectivity index (χ4v) is 3.62. The Kier molecular flexibility index (Phi) is 7.47. The molecule has 0 fully saturated rings. The summed E-state index contributed by atoms with van der Waals surface area (Å²) in [5.74, 6) is 0.189. The number of amidine groups is 1. The molecule has 3 aromatic heterocycles. The highest BCUT2D eigenvalue weighted by Crippen LogP contribution is 2.33. The highest BCUT2D eigenvalue weighted by molar-refractivity contribution is 5.95. The van der Waals surface area contributed by atoms with E-state index in [-0.39, 0.29) is 11.8 Å². The molecule has 0 radical (unpaired) electrons. The molecule has 0 aliphatic heterocycles. The summed E-state index contributed by atoms with van der Waals surface area (Å²) in [7, 11) is 1.56. The van der Waals surface area contributed by atoms with Crippen LogP contribution in [0.4, 0.5) is 5.69 Å². The quantitative estimate of drug-likeness (QED) is 0.158. The fraction of sp³-hybridized carbons (Fsp3) is 0.120. The van der Waals surface area contributed by atoms with Crippen LogP contribution >= 0.6 is 0 Å². The maximum Gasteiger partial charge on any atom is 0.350 e. The second kappa shape index (κ2) is 11.1. The molecule has 0 saturated heterocycles. The number of H-pyrrole nitrogens is 1. The summed E-state index contributed by atoms with van der Waals surface area (Å²) >= 11 is 0. The lowest BCUT2D eigenvalue weighted by Crippen LogP contribution is -2.18. The van der Waals surface area contributed by atoms with Crippen LogP contribution in [-0.2, 0) is 4.79 Å². The van der Waals surface area contributed by atoms with Gasteiger partial charge in [0.2, 0.25) is 0 Å². The summed E-state index contributed by atoms with van der Waals surface area (Å²) in [4.78, 5) is 32.7. The molecule has 2 aromatic carbocycles. The number of methoxy groups -OCH3 is 1. The molecule has 3 heterocycles. The number of rotatable bonds is 7. The van der Waals surface area contributed by atoms with Crippen molar-refractivity contribution in [3.8, 4) is 11.7 Å². The monoisotopic (exact) mass is 516 g/mol. The zero-order valence-corrected chi connectivity index (χ0v) is 20.4. The van der Waals surface area contributed by atoms with Gasteiger partial charge in [-0.25, -0.2) is 14.8 Å². The minimum atomic E-state index is -0.833. The maximum absolute atomic E-state index is 12.7. The van der Waals surface area contributed by atoms with Crippen LogP contribution in [0.1, 0.15) is 29.9 Å². The van der Waals surface area contributed by atoms with E-state index in [0.717, 1.165) is 28.2 Å². The van der Waals surface area contributed by atoms with Crippen LogP contribution in [0.2, 0.25) is 0 Å². The van der Waals surface area contributed by atoms with E-state index in [9.17, 15) is 4.79 Å². The third kappa shape index (κ3) is 5.67. The van der Waals surface area contributed by atoms with E-state index in [2.05, 4.69) is 25.4 Å². The Morgan fingerprint density at radius 1 is 1.21 bits per heavy atom. The number of carbonyl (C=O) groups is 1. The first kappa shape index (κ1) is 25.6. The number of benzene rings is 2. The van der Waals surface area contributed by atoms with Gasteiger partial charge in [0.05, 0.1) is 13.4 Å². The molecule has 13 heteroatoms. The normalized spacial score (nSPS) is 11.3. The lowest BCUT2D eigenvalue weighted by Gasteiger charge is -2.19. The first-order valence-electron chi connectivity index (χ1n) is 11.2. The molecule has 5 rings (SSSR count). The van der Waals surface area contributed by atoms with Crippen LogP contribution in [-0.4, -0.2) is 48.8 Å². The van der Waals surface area contributed by atoms with Gasteiger partial charge in [-0.1, -0.05) is 0 Å².